The van der Waals surface area contributed by atoms with Gasteiger partial charge in [-0.25, -0.2) is 0 Å². The van der Waals surface area contributed by atoms with Crippen molar-refractivity contribution < 1.29 is 14.4 Å². The largest absolute Gasteiger partial charge is 0.344 e. The molecule has 0 aromatic carbocycles. The Morgan fingerprint density at radius 1 is 1.38 bits per heavy atom. The second-order valence-electron chi connectivity index (χ2n) is 4.07. The van der Waals surface area contributed by atoms with Gasteiger partial charge in [-0.05, 0) is 18.6 Å². The second-order valence-corrected chi connectivity index (χ2v) is 5.22. The zero-order valence-electron chi connectivity index (χ0n) is 8.82. The van der Waals surface area contributed by atoms with Gasteiger partial charge in [-0.15, -0.1) is 0 Å². The molecule has 0 aromatic heterocycles. The van der Waals surface area contributed by atoms with Gasteiger partial charge in [0.2, 0.25) is 17.7 Å². The molecule has 2 heterocycles. The highest BCUT2D eigenvalue weighted by Crippen LogP contribution is 2.23. The van der Waals surface area contributed by atoms with Crippen LogP contribution in [-0.4, -0.2) is 35.3 Å². The highest BCUT2D eigenvalue weighted by atomic mass is 32.2. The Bertz CT molecular complexity index is 326. The molecular weight excluding hydrogens is 228 g/mol. The first kappa shape index (κ1) is 11.4. The van der Waals surface area contributed by atoms with Gasteiger partial charge >= 0.3 is 0 Å². The molecule has 0 radical (unpaired) electrons. The molecule has 2 rings (SSSR count). The summed E-state index contributed by atoms with van der Waals surface area (Å²) in [7, 11) is 0. The van der Waals surface area contributed by atoms with Crippen LogP contribution >= 0.6 is 11.8 Å². The lowest BCUT2D eigenvalue weighted by Crippen LogP contribution is -2.53. The third-order valence-corrected chi connectivity index (χ3v) is 4.02. The molecule has 16 heavy (non-hydrogen) atoms. The zero-order chi connectivity index (χ0) is 11.5. The minimum absolute atomic E-state index is 0.0235. The summed E-state index contributed by atoms with van der Waals surface area (Å²) in [6, 6.07) is -0.532. The molecule has 2 N–H and O–H groups in total. The summed E-state index contributed by atoms with van der Waals surface area (Å²) >= 11 is 1.76. The average Bonchev–Trinajstić information content (AvgIpc) is 2.75. The molecule has 3 amide bonds. The van der Waals surface area contributed by atoms with Crippen LogP contribution in [0.3, 0.4) is 0 Å². The first-order valence-corrected chi connectivity index (χ1v) is 6.54. The van der Waals surface area contributed by atoms with E-state index in [1.165, 1.54) is 0 Å². The van der Waals surface area contributed by atoms with Crippen LogP contribution in [0.2, 0.25) is 0 Å². The third kappa shape index (κ3) is 2.55. The monoisotopic (exact) mass is 242 g/mol. The minimum Gasteiger partial charge on any atom is -0.344 e. The molecule has 0 aliphatic carbocycles. The van der Waals surface area contributed by atoms with Crippen molar-refractivity contribution in [2.24, 2.45) is 5.92 Å². The Kier molecular flexibility index (Phi) is 3.48. The van der Waals surface area contributed by atoms with Crippen molar-refractivity contribution in [3.05, 3.63) is 0 Å². The molecule has 0 spiro atoms. The van der Waals surface area contributed by atoms with Gasteiger partial charge in [-0.2, -0.15) is 11.8 Å². The number of hydrogen-bond acceptors (Lipinski definition) is 4. The Morgan fingerprint density at radius 2 is 2.19 bits per heavy atom. The first-order chi connectivity index (χ1) is 7.66. The number of carbonyl (C=O) groups excluding carboxylic acids is 3. The lowest BCUT2D eigenvalue weighted by atomic mass is 10.0. The number of imide groups is 1. The lowest BCUT2D eigenvalue weighted by molar-refractivity contribution is -0.137. The summed E-state index contributed by atoms with van der Waals surface area (Å²) in [5, 5.41) is 4.94. The second kappa shape index (κ2) is 4.86. The van der Waals surface area contributed by atoms with E-state index in [4.69, 9.17) is 0 Å². The van der Waals surface area contributed by atoms with Crippen molar-refractivity contribution in [3.8, 4) is 0 Å². The summed E-state index contributed by atoms with van der Waals surface area (Å²) in [6.07, 6.45) is 1.59. The summed E-state index contributed by atoms with van der Waals surface area (Å²) in [5.74, 6) is 1.17. The van der Waals surface area contributed by atoms with Gasteiger partial charge in [0.15, 0.2) is 0 Å². The molecule has 0 bridgehead atoms. The molecule has 88 valence electrons. The highest BCUT2D eigenvalue weighted by Gasteiger charge is 2.31. The third-order valence-electron chi connectivity index (χ3n) is 2.86. The Hall–Kier alpha value is -1.04. The molecule has 6 heteroatoms. The molecule has 2 fully saturated rings. The molecule has 0 saturated carbocycles. The van der Waals surface area contributed by atoms with Gasteiger partial charge < -0.3 is 5.32 Å². The van der Waals surface area contributed by atoms with Gasteiger partial charge in [-0.3, -0.25) is 19.7 Å². The van der Waals surface area contributed by atoms with E-state index in [9.17, 15) is 14.4 Å². The van der Waals surface area contributed by atoms with Gasteiger partial charge in [0.1, 0.15) is 6.04 Å². The fraction of sp³-hybridized carbons (Fsp3) is 0.700. The van der Waals surface area contributed by atoms with Crippen LogP contribution in [0.1, 0.15) is 19.3 Å². The molecule has 2 aliphatic heterocycles. The molecule has 5 nitrogen and oxygen atoms in total. The number of amides is 3. The smallest absolute Gasteiger partial charge is 0.249 e. The van der Waals surface area contributed by atoms with Gasteiger partial charge in [0.05, 0.1) is 0 Å². The highest BCUT2D eigenvalue weighted by molar-refractivity contribution is 7.99. The van der Waals surface area contributed by atoms with Crippen LogP contribution in [0.4, 0.5) is 0 Å². The molecule has 2 saturated heterocycles. The number of carbonyl (C=O) groups is 3. The minimum atomic E-state index is -0.532. The van der Waals surface area contributed by atoms with Crippen LogP contribution in [0.15, 0.2) is 0 Å². The first-order valence-electron chi connectivity index (χ1n) is 5.38. The fourth-order valence-electron chi connectivity index (χ4n) is 1.86. The number of nitrogens with one attached hydrogen (secondary N) is 2. The predicted molar refractivity (Wildman–Crippen MR) is 59.7 cm³/mol. The maximum atomic E-state index is 11.8. The summed E-state index contributed by atoms with van der Waals surface area (Å²) < 4.78 is 0. The fourth-order valence-corrected chi connectivity index (χ4v) is 3.08. The van der Waals surface area contributed by atoms with Crippen molar-refractivity contribution in [1.29, 1.82) is 0 Å². The van der Waals surface area contributed by atoms with Crippen molar-refractivity contribution >= 4 is 29.5 Å². The number of thioether (sulfide) groups is 1. The maximum absolute atomic E-state index is 11.8. The quantitative estimate of drug-likeness (QED) is 0.650. The van der Waals surface area contributed by atoms with E-state index in [0.29, 0.717) is 12.8 Å². The number of hydrogen-bond donors (Lipinski definition) is 2. The van der Waals surface area contributed by atoms with Crippen LogP contribution in [0.25, 0.3) is 0 Å². The molecule has 2 unspecified atom stereocenters. The van der Waals surface area contributed by atoms with Crippen molar-refractivity contribution in [1.82, 2.24) is 10.6 Å². The molecule has 2 atom stereocenters. The zero-order valence-corrected chi connectivity index (χ0v) is 9.64. The van der Waals surface area contributed by atoms with Gasteiger partial charge in [-0.1, -0.05) is 0 Å². The Morgan fingerprint density at radius 3 is 2.81 bits per heavy atom. The molecular formula is C10H14N2O3S. The SMILES string of the molecule is O=C1CCC(NC(=O)C2CCSC2)C(=O)N1. The van der Waals surface area contributed by atoms with Gasteiger partial charge in [0.25, 0.3) is 0 Å². The summed E-state index contributed by atoms with van der Waals surface area (Å²) in [6.45, 7) is 0. The number of piperidine rings is 1. The maximum Gasteiger partial charge on any atom is 0.249 e. The van der Waals surface area contributed by atoms with E-state index >= 15 is 0 Å². The van der Waals surface area contributed by atoms with E-state index in [2.05, 4.69) is 10.6 Å². The van der Waals surface area contributed by atoms with Crippen molar-refractivity contribution in [2.45, 2.75) is 25.3 Å². The van der Waals surface area contributed by atoms with Crippen molar-refractivity contribution in [3.63, 3.8) is 0 Å². The van der Waals surface area contributed by atoms with E-state index in [-0.39, 0.29) is 23.6 Å². The van der Waals surface area contributed by atoms with Crippen LogP contribution in [0.5, 0.6) is 0 Å². The van der Waals surface area contributed by atoms with Crippen molar-refractivity contribution in [2.75, 3.05) is 11.5 Å². The molecule has 0 aromatic rings. The van der Waals surface area contributed by atoms with Gasteiger partial charge in [0, 0.05) is 18.1 Å². The summed E-state index contributed by atoms with van der Waals surface area (Å²) in [4.78, 5) is 34.1. The molecule has 2 aliphatic rings. The normalized spacial score (nSPS) is 30.0. The van der Waals surface area contributed by atoms with E-state index in [1.54, 1.807) is 11.8 Å². The van der Waals surface area contributed by atoms with Crippen LogP contribution < -0.4 is 10.6 Å². The summed E-state index contributed by atoms with van der Waals surface area (Å²) in [5.41, 5.74) is 0. The number of rotatable bonds is 2. The predicted octanol–water partition coefficient (Wildman–Crippen LogP) is -0.339. The average molecular weight is 242 g/mol. The standard InChI is InChI=1S/C10H14N2O3S/c13-8-2-1-7(10(15)12-8)11-9(14)6-3-4-16-5-6/h6-7H,1-5H2,(H,11,14)(H,12,13,15). The topological polar surface area (TPSA) is 75.3 Å². The van der Waals surface area contributed by atoms with E-state index in [0.717, 1.165) is 17.9 Å². The van der Waals surface area contributed by atoms with E-state index in [1.807, 2.05) is 0 Å². The lowest BCUT2D eigenvalue weighted by Gasteiger charge is -2.23. The van der Waals surface area contributed by atoms with E-state index < -0.39 is 6.04 Å². The Labute approximate surface area is 97.7 Å². The Balaban J connectivity index is 1.86. The van der Waals surface area contributed by atoms with Crippen LogP contribution in [-0.2, 0) is 14.4 Å². The van der Waals surface area contributed by atoms with Crippen LogP contribution in [0, 0.1) is 5.92 Å².